The molecule has 4 nitrogen and oxygen atoms in total. The summed E-state index contributed by atoms with van der Waals surface area (Å²) in [5.41, 5.74) is 5.81. The highest BCUT2D eigenvalue weighted by Crippen LogP contribution is 2.28. The third-order valence-electron chi connectivity index (χ3n) is 4.46. The summed E-state index contributed by atoms with van der Waals surface area (Å²) in [6, 6.07) is 10.2. The lowest BCUT2D eigenvalue weighted by molar-refractivity contribution is -0.137. The normalized spacial score (nSPS) is 24.2. The van der Waals surface area contributed by atoms with E-state index < -0.39 is 6.10 Å². The number of nitrogens with two attached hydrogens (primary N) is 1. The van der Waals surface area contributed by atoms with E-state index in [1.54, 1.807) is 16.2 Å². The van der Waals surface area contributed by atoms with Crippen molar-refractivity contribution in [3.63, 3.8) is 0 Å². The van der Waals surface area contributed by atoms with Crippen LogP contribution >= 0.6 is 23.7 Å². The van der Waals surface area contributed by atoms with Crippen LogP contribution in [-0.4, -0.2) is 35.1 Å². The standard InChI is InChI=1S/C17H22N2O2S.ClH/c1-19(17(21)12-6-7-14(18)15(20)9-12)10-13-8-11-4-2-3-5-16(11)22-13;/h2-5,8,12,14-15,20H,6-7,9-10,18H2,1H3;1H/t12-,14+,15+;/m0./s1. The van der Waals surface area contributed by atoms with Gasteiger partial charge >= 0.3 is 0 Å². The highest BCUT2D eigenvalue weighted by molar-refractivity contribution is 7.19. The Hall–Kier alpha value is -1.14. The SMILES string of the molecule is CN(Cc1cc2ccccc2s1)C(=O)[C@H]1CC[C@@H](N)[C@H](O)C1.Cl. The quantitative estimate of drug-likeness (QED) is 0.890. The summed E-state index contributed by atoms with van der Waals surface area (Å²) < 4.78 is 1.25. The molecule has 1 saturated carbocycles. The van der Waals surface area contributed by atoms with Crippen LogP contribution in [0.25, 0.3) is 10.1 Å². The van der Waals surface area contributed by atoms with Crippen molar-refractivity contribution in [2.45, 2.75) is 38.0 Å². The Morgan fingerprint density at radius 1 is 1.39 bits per heavy atom. The van der Waals surface area contributed by atoms with Gasteiger partial charge in [-0.2, -0.15) is 0 Å². The van der Waals surface area contributed by atoms with E-state index in [0.29, 0.717) is 19.4 Å². The number of carbonyl (C=O) groups excluding carboxylic acids is 1. The van der Waals surface area contributed by atoms with Crippen molar-refractivity contribution >= 4 is 39.7 Å². The predicted octanol–water partition coefficient (Wildman–Crippen LogP) is 2.77. The van der Waals surface area contributed by atoms with Crippen LogP contribution in [0.15, 0.2) is 30.3 Å². The number of halogens is 1. The highest BCUT2D eigenvalue weighted by atomic mass is 35.5. The number of aliphatic hydroxyl groups excluding tert-OH is 1. The average molecular weight is 355 g/mol. The summed E-state index contributed by atoms with van der Waals surface area (Å²) in [7, 11) is 1.84. The molecule has 6 heteroatoms. The molecule has 2 aromatic rings. The molecule has 1 aromatic heterocycles. The molecule has 23 heavy (non-hydrogen) atoms. The van der Waals surface area contributed by atoms with Gasteiger partial charge in [-0.1, -0.05) is 18.2 Å². The van der Waals surface area contributed by atoms with Gasteiger partial charge in [0.15, 0.2) is 0 Å². The molecule has 1 aliphatic rings. The predicted molar refractivity (Wildman–Crippen MR) is 96.9 cm³/mol. The minimum Gasteiger partial charge on any atom is -0.391 e. The van der Waals surface area contributed by atoms with E-state index >= 15 is 0 Å². The first-order chi connectivity index (χ1) is 10.5. The molecule has 0 aliphatic heterocycles. The van der Waals surface area contributed by atoms with Crippen LogP contribution in [0.5, 0.6) is 0 Å². The maximum atomic E-state index is 12.5. The van der Waals surface area contributed by atoms with E-state index in [-0.39, 0.29) is 30.3 Å². The maximum Gasteiger partial charge on any atom is 0.225 e. The van der Waals surface area contributed by atoms with Crippen molar-refractivity contribution in [2.75, 3.05) is 7.05 Å². The first-order valence-electron chi connectivity index (χ1n) is 7.70. The molecule has 1 heterocycles. The van der Waals surface area contributed by atoms with E-state index in [1.807, 2.05) is 19.2 Å². The van der Waals surface area contributed by atoms with Crippen LogP contribution in [0.3, 0.4) is 0 Å². The Balaban J connectivity index is 0.00000192. The van der Waals surface area contributed by atoms with Gasteiger partial charge in [0, 0.05) is 28.6 Å². The van der Waals surface area contributed by atoms with E-state index in [4.69, 9.17) is 5.73 Å². The fraction of sp³-hybridized carbons (Fsp3) is 0.471. The van der Waals surface area contributed by atoms with Gasteiger partial charge in [-0.25, -0.2) is 0 Å². The van der Waals surface area contributed by atoms with Gasteiger partial charge in [-0.15, -0.1) is 23.7 Å². The number of thiophene rings is 1. The minimum atomic E-state index is -0.555. The summed E-state index contributed by atoms with van der Waals surface area (Å²) in [6.45, 7) is 0.622. The van der Waals surface area contributed by atoms with Crippen LogP contribution in [0.2, 0.25) is 0 Å². The van der Waals surface area contributed by atoms with Crippen molar-refractivity contribution in [3.05, 3.63) is 35.2 Å². The van der Waals surface area contributed by atoms with Crippen molar-refractivity contribution in [2.24, 2.45) is 11.7 Å². The molecule has 0 spiro atoms. The number of nitrogens with zero attached hydrogens (tertiary/aromatic N) is 1. The van der Waals surface area contributed by atoms with Gasteiger partial charge in [0.25, 0.3) is 0 Å². The fourth-order valence-electron chi connectivity index (χ4n) is 3.13. The van der Waals surface area contributed by atoms with Crippen LogP contribution < -0.4 is 5.73 Å². The molecular weight excluding hydrogens is 332 g/mol. The summed E-state index contributed by atoms with van der Waals surface area (Å²) in [5.74, 6) is 0.0117. The molecule has 1 aromatic carbocycles. The monoisotopic (exact) mass is 354 g/mol. The third kappa shape index (κ3) is 4.04. The van der Waals surface area contributed by atoms with Gasteiger partial charge in [0.2, 0.25) is 5.91 Å². The Kier molecular flexibility index (Phi) is 6.03. The molecule has 1 fully saturated rings. The molecule has 0 radical (unpaired) electrons. The number of aliphatic hydroxyl groups is 1. The van der Waals surface area contributed by atoms with Crippen LogP contribution in [0, 0.1) is 5.92 Å². The summed E-state index contributed by atoms with van der Waals surface area (Å²) in [5, 5.41) is 11.1. The number of fused-ring (bicyclic) bond motifs is 1. The molecule has 1 aliphatic carbocycles. The van der Waals surface area contributed by atoms with Gasteiger partial charge < -0.3 is 15.7 Å². The van der Waals surface area contributed by atoms with Gasteiger partial charge in [-0.3, -0.25) is 4.79 Å². The number of rotatable bonds is 3. The number of hydrogen-bond acceptors (Lipinski definition) is 4. The lowest BCUT2D eigenvalue weighted by Gasteiger charge is -2.32. The molecule has 0 bridgehead atoms. The lowest BCUT2D eigenvalue weighted by atomic mass is 9.83. The highest BCUT2D eigenvalue weighted by Gasteiger charge is 2.32. The van der Waals surface area contributed by atoms with Gasteiger partial charge in [-0.05, 0) is 36.8 Å². The first-order valence-corrected chi connectivity index (χ1v) is 8.52. The molecule has 0 saturated heterocycles. The molecule has 0 unspecified atom stereocenters. The fourth-order valence-corrected chi connectivity index (χ4v) is 4.25. The Morgan fingerprint density at radius 3 is 2.83 bits per heavy atom. The van der Waals surface area contributed by atoms with Gasteiger partial charge in [0.1, 0.15) is 0 Å². The molecule has 1 amide bonds. The van der Waals surface area contributed by atoms with Gasteiger partial charge in [0.05, 0.1) is 12.6 Å². The zero-order valence-corrected chi connectivity index (χ0v) is 14.8. The Labute approximate surface area is 146 Å². The molecule has 3 atom stereocenters. The lowest BCUT2D eigenvalue weighted by Crippen LogP contribution is -2.44. The molecule has 3 N–H and O–H groups in total. The van der Waals surface area contributed by atoms with Crippen molar-refractivity contribution < 1.29 is 9.90 Å². The summed E-state index contributed by atoms with van der Waals surface area (Å²) in [6.07, 6.45) is 1.42. The van der Waals surface area contributed by atoms with Crippen LogP contribution in [0.4, 0.5) is 0 Å². The third-order valence-corrected chi connectivity index (χ3v) is 5.56. The second-order valence-electron chi connectivity index (χ2n) is 6.19. The van der Waals surface area contributed by atoms with Crippen LogP contribution in [0.1, 0.15) is 24.1 Å². The minimum absolute atomic E-state index is 0. The zero-order chi connectivity index (χ0) is 15.7. The number of amides is 1. The van der Waals surface area contributed by atoms with Crippen molar-refractivity contribution in [3.8, 4) is 0 Å². The van der Waals surface area contributed by atoms with Crippen molar-refractivity contribution in [1.29, 1.82) is 0 Å². The maximum absolute atomic E-state index is 12.5. The van der Waals surface area contributed by atoms with Crippen molar-refractivity contribution in [1.82, 2.24) is 4.90 Å². The number of carbonyl (C=O) groups is 1. The number of hydrogen-bond donors (Lipinski definition) is 2. The van der Waals surface area contributed by atoms with E-state index in [9.17, 15) is 9.90 Å². The second kappa shape index (κ2) is 7.62. The zero-order valence-electron chi connectivity index (χ0n) is 13.1. The summed E-state index contributed by atoms with van der Waals surface area (Å²) in [4.78, 5) is 15.5. The molecular formula is C17H23ClN2O2S. The summed E-state index contributed by atoms with van der Waals surface area (Å²) >= 11 is 1.73. The van der Waals surface area contributed by atoms with E-state index in [0.717, 1.165) is 6.42 Å². The average Bonchev–Trinajstić information content (AvgIpc) is 2.91. The smallest absolute Gasteiger partial charge is 0.225 e. The molecule has 3 rings (SSSR count). The largest absolute Gasteiger partial charge is 0.391 e. The van der Waals surface area contributed by atoms with Crippen LogP contribution in [-0.2, 0) is 11.3 Å². The number of benzene rings is 1. The van der Waals surface area contributed by atoms with E-state index in [1.165, 1.54) is 15.0 Å². The second-order valence-corrected chi connectivity index (χ2v) is 7.35. The van der Waals surface area contributed by atoms with E-state index in [2.05, 4.69) is 18.2 Å². The molecule has 126 valence electrons. The Morgan fingerprint density at radius 2 is 2.13 bits per heavy atom. The topological polar surface area (TPSA) is 66.6 Å². The Bertz CT molecular complexity index is 642. The first kappa shape index (κ1) is 18.2.